The van der Waals surface area contributed by atoms with E-state index in [0.29, 0.717) is 24.2 Å². The van der Waals surface area contributed by atoms with Gasteiger partial charge < -0.3 is 4.90 Å². The molecule has 140 valence electrons. The summed E-state index contributed by atoms with van der Waals surface area (Å²) in [5.74, 6) is -0.0575. The lowest BCUT2D eigenvalue weighted by Gasteiger charge is -2.25. The smallest absolute Gasteiger partial charge is 0.253 e. The minimum atomic E-state index is -3.57. The van der Waals surface area contributed by atoms with Gasteiger partial charge in [-0.15, -0.1) is 0 Å². The van der Waals surface area contributed by atoms with Crippen molar-refractivity contribution in [2.75, 3.05) is 26.2 Å². The van der Waals surface area contributed by atoms with Gasteiger partial charge in [0.05, 0.1) is 4.90 Å². The topological polar surface area (TPSA) is 57.7 Å². The van der Waals surface area contributed by atoms with Crippen LogP contribution in [0, 0.1) is 6.92 Å². The van der Waals surface area contributed by atoms with Crippen LogP contribution in [0.15, 0.2) is 23.1 Å². The maximum atomic E-state index is 12.9. The van der Waals surface area contributed by atoms with Gasteiger partial charge in [0.2, 0.25) is 10.0 Å². The molecule has 5 nitrogen and oxygen atoms in total. The normalized spacial score (nSPS) is 16.6. The lowest BCUT2D eigenvalue weighted by molar-refractivity contribution is 0.0742. The number of hydrogen-bond donors (Lipinski definition) is 0. The van der Waals surface area contributed by atoms with Gasteiger partial charge in [-0.1, -0.05) is 39.2 Å². The van der Waals surface area contributed by atoms with Gasteiger partial charge in [0.25, 0.3) is 5.91 Å². The van der Waals surface area contributed by atoms with Crippen molar-refractivity contribution >= 4 is 15.9 Å². The van der Waals surface area contributed by atoms with E-state index in [1.807, 2.05) is 18.7 Å². The van der Waals surface area contributed by atoms with Crippen LogP contribution in [0.5, 0.6) is 0 Å². The molecule has 0 aliphatic carbocycles. The van der Waals surface area contributed by atoms with Crippen LogP contribution in [0.4, 0.5) is 0 Å². The van der Waals surface area contributed by atoms with Crippen LogP contribution in [-0.2, 0) is 10.0 Å². The van der Waals surface area contributed by atoms with Gasteiger partial charge in [-0.05, 0) is 37.5 Å². The molecule has 0 N–H and O–H groups in total. The third kappa shape index (κ3) is 4.61. The van der Waals surface area contributed by atoms with E-state index in [0.717, 1.165) is 38.8 Å². The quantitative estimate of drug-likeness (QED) is 0.802. The van der Waals surface area contributed by atoms with Crippen molar-refractivity contribution in [3.8, 4) is 0 Å². The Morgan fingerprint density at radius 3 is 2.16 bits per heavy atom. The van der Waals surface area contributed by atoms with Crippen LogP contribution in [-0.4, -0.2) is 49.7 Å². The summed E-state index contributed by atoms with van der Waals surface area (Å²) in [6, 6.07) is 5.05. The highest BCUT2D eigenvalue weighted by Gasteiger charge is 2.25. The van der Waals surface area contributed by atoms with Crippen LogP contribution < -0.4 is 0 Å². The highest BCUT2D eigenvalue weighted by Crippen LogP contribution is 2.23. The molecule has 6 heteroatoms. The summed E-state index contributed by atoms with van der Waals surface area (Å²) < 4.78 is 27.2. The highest BCUT2D eigenvalue weighted by molar-refractivity contribution is 7.89. The summed E-state index contributed by atoms with van der Waals surface area (Å²) in [7, 11) is -3.57. The predicted octanol–water partition coefficient (Wildman–Crippen LogP) is 3.43. The standard InChI is InChI=1S/C19H30N2O3S/c1-4-21(5-2)25(23,24)18-15-17(12-11-16(18)3)19(22)20-13-9-7-6-8-10-14-20/h11-12,15H,4-10,13-14H2,1-3H3. The number of aryl methyl sites for hydroxylation is 1. The number of likely N-dealkylation sites (tertiary alicyclic amines) is 1. The third-order valence-corrected chi connectivity index (χ3v) is 7.09. The molecule has 0 unspecified atom stereocenters. The molecule has 0 radical (unpaired) electrons. The first-order chi connectivity index (χ1) is 11.9. The Hall–Kier alpha value is -1.40. The largest absolute Gasteiger partial charge is 0.339 e. The molecule has 1 amide bonds. The molecular formula is C19H30N2O3S. The van der Waals surface area contributed by atoms with E-state index in [1.54, 1.807) is 25.1 Å². The molecule has 1 saturated heterocycles. The number of sulfonamides is 1. The van der Waals surface area contributed by atoms with Crippen molar-refractivity contribution in [2.24, 2.45) is 0 Å². The first kappa shape index (κ1) is 19.9. The molecule has 1 aliphatic heterocycles. The molecule has 2 rings (SSSR count). The van der Waals surface area contributed by atoms with Gasteiger partial charge in [-0.3, -0.25) is 4.79 Å². The number of nitrogens with zero attached hydrogens (tertiary/aromatic N) is 2. The average molecular weight is 367 g/mol. The maximum Gasteiger partial charge on any atom is 0.253 e. The van der Waals surface area contributed by atoms with E-state index in [2.05, 4.69) is 0 Å². The molecule has 0 atom stereocenters. The van der Waals surface area contributed by atoms with Crippen LogP contribution >= 0.6 is 0 Å². The molecular weight excluding hydrogens is 336 g/mol. The summed E-state index contributed by atoms with van der Waals surface area (Å²) in [6.07, 6.45) is 5.57. The Bertz CT molecular complexity index is 689. The SMILES string of the molecule is CCN(CC)S(=O)(=O)c1cc(C(=O)N2CCCCCCC2)ccc1C. The van der Waals surface area contributed by atoms with Gasteiger partial charge in [0.1, 0.15) is 0 Å². The van der Waals surface area contributed by atoms with Gasteiger partial charge in [-0.25, -0.2) is 8.42 Å². The molecule has 0 aromatic heterocycles. The summed E-state index contributed by atoms with van der Waals surface area (Å²) in [6.45, 7) is 7.78. The van der Waals surface area contributed by atoms with Gasteiger partial charge in [0.15, 0.2) is 0 Å². The van der Waals surface area contributed by atoms with Crippen LogP contribution in [0.3, 0.4) is 0 Å². The number of carbonyl (C=O) groups excluding carboxylic acids is 1. The number of carbonyl (C=O) groups is 1. The summed E-state index contributed by atoms with van der Waals surface area (Å²) in [4.78, 5) is 15.0. The van der Waals surface area contributed by atoms with Crippen molar-refractivity contribution < 1.29 is 13.2 Å². The van der Waals surface area contributed by atoms with Crippen molar-refractivity contribution in [3.05, 3.63) is 29.3 Å². The number of hydrogen-bond acceptors (Lipinski definition) is 3. The Labute approximate surface area is 152 Å². The number of benzene rings is 1. The second kappa shape index (κ2) is 8.81. The van der Waals surface area contributed by atoms with Gasteiger partial charge in [-0.2, -0.15) is 4.31 Å². The van der Waals surface area contributed by atoms with E-state index in [-0.39, 0.29) is 10.8 Å². The fourth-order valence-corrected chi connectivity index (χ4v) is 5.06. The fourth-order valence-electron chi connectivity index (χ4n) is 3.35. The number of rotatable bonds is 5. The second-order valence-electron chi connectivity index (χ2n) is 6.63. The lowest BCUT2D eigenvalue weighted by atomic mass is 10.1. The van der Waals surface area contributed by atoms with Crippen molar-refractivity contribution in [3.63, 3.8) is 0 Å². The first-order valence-electron chi connectivity index (χ1n) is 9.31. The minimum Gasteiger partial charge on any atom is -0.339 e. The zero-order chi connectivity index (χ0) is 18.4. The molecule has 25 heavy (non-hydrogen) atoms. The Morgan fingerprint density at radius 2 is 1.60 bits per heavy atom. The molecule has 1 aromatic rings. The fraction of sp³-hybridized carbons (Fsp3) is 0.632. The number of amides is 1. The zero-order valence-corrected chi connectivity index (χ0v) is 16.4. The van der Waals surface area contributed by atoms with E-state index in [4.69, 9.17) is 0 Å². The van der Waals surface area contributed by atoms with E-state index < -0.39 is 10.0 Å². The van der Waals surface area contributed by atoms with Gasteiger partial charge >= 0.3 is 0 Å². The van der Waals surface area contributed by atoms with Crippen molar-refractivity contribution in [1.82, 2.24) is 9.21 Å². The molecule has 0 saturated carbocycles. The molecule has 1 fully saturated rings. The minimum absolute atomic E-state index is 0.0575. The molecule has 0 bridgehead atoms. The molecule has 0 spiro atoms. The monoisotopic (exact) mass is 366 g/mol. The molecule has 1 aliphatic rings. The second-order valence-corrected chi connectivity index (χ2v) is 8.54. The Balaban J connectivity index is 2.33. The Kier molecular flexibility index (Phi) is 7.02. The third-order valence-electron chi connectivity index (χ3n) is 4.90. The van der Waals surface area contributed by atoms with Crippen molar-refractivity contribution in [1.29, 1.82) is 0 Å². The van der Waals surface area contributed by atoms with Crippen LogP contribution in [0.25, 0.3) is 0 Å². The van der Waals surface area contributed by atoms with E-state index in [9.17, 15) is 13.2 Å². The lowest BCUT2D eigenvalue weighted by Crippen LogP contribution is -2.34. The first-order valence-corrected chi connectivity index (χ1v) is 10.8. The highest BCUT2D eigenvalue weighted by atomic mass is 32.2. The van der Waals surface area contributed by atoms with E-state index >= 15 is 0 Å². The Morgan fingerprint density at radius 1 is 1.04 bits per heavy atom. The van der Waals surface area contributed by atoms with E-state index in [1.165, 1.54) is 10.7 Å². The van der Waals surface area contributed by atoms with Gasteiger partial charge in [0, 0.05) is 31.7 Å². The average Bonchev–Trinajstić information content (AvgIpc) is 2.55. The van der Waals surface area contributed by atoms with Crippen molar-refractivity contribution in [2.45, 2.75) is 57.8 Å². The predicted molar refractivity (Wildman–Crippen MR) is 100 cm³/mol. The summed E-state index contributed by atoms with van der Waals surface area (Å²) >= 11 is 0. The molecule has 1 heterocycles. The summed E-state index contributed by atoms with van der Waals surface area (Å²) in [5.41, 5.74) is 1.15. The summed E-state index contributed by atoms with van der Waals surface area (Å²) in [5, 5.41) is 0. The van der Waals surface area contributed by atoms with Crippen LogP contribution in [0.1, 0.15) is 61.9 Å². The maximum absolute atomic E-state index is 12.9. The molecule has 1 aromatic carbocycles. The van der Waals surface area contributed by atoms with Crippen LogP contribution in [0.2, 0.25) is 0 Å². The zero-order valence-electron chi connectivity index (χ0n) is 15.6.